The van der Waals surface area contributed by atoms with Gasteiger partial charge in [-0.2, -0.15) is 0 Å². The number of ether oxygens (including phenoxy) is 2. The number of nitrogens with zero attached hydrogens (tertiary/aromatic N) is 1. The fourth-order valence-corrected chi connectivity index (χ4v) is 1.77. The van der Waals surface area contributed by atoms with E-state index in [-0.39, 0.29) is 12.1 Å². The Kier molecular flexibility index (Phi) is 6.15. The summed E-state index contributed by atoms with van der Waals surface area (Å²) in [5.41, 5.74) is 0.974. The van der Waals surface area contributed by atoms with E-state index in [9.17, 15) is 4.79 Å². The number of nitrogens with one attached hydrogen (secondary N) is 1. The van der Waals surface area contributed by atoms with Crippen molar-refractivity contribution in [3.05, 3.63) is 29.8 Å². The molecule has 0 fully saturated rings. The zero-order valence-electron chi connectivity index (χ0n) is 12.0. The lowest BCUT2D eigenvalue weighted by atomic mass is 10.2. The van der Waals surface area contributed by atoms with E-state index in [2.05, 4.69) is 5.32 Å². The van der Waals surface area contributed by atoms with Gasteiger partial charge in [0, 0.05) is 19.7 Å². The Bertz CT molecular complexity index is 409. The molecule has 0 radical (unpaired) electrons. The Morgan fingerprint density at radius 2 is 2.05 bits per heavy atom. The lowest BCUT2D eigenvalue weighted by molar-refractivity contribution is 0.162. The summed E-state index contributed by atoms with van der Waals surface area (Å²) in [6.45, 7) is 2.89. The van der Waals surface area contributed by atoms with Crippen LogP contribution in [0.15, 0.2) is 24.3 Å². The minimum absolute atomic E-state index is 0.0161. The maximum Gasteiger partial charge on any atom is 0.317 e. The molecule has 1 atom stereocenters. The zero-order chi connectivity index (χ0) is 14.3. The molecule has 0 aliphatic carbocycles. The quantitative estimate of drug-likeness (QED) is 0.855. The molecule has 0 saturated carbocycles. The van der Waals surface area contributed by atoms with Crippen molar-refractivity contribution in [3.63, 3.8) is 0 Å². The van der Waals surface area contributed by atoms with Gasteiger partial charge in [0.15, 0.2) is 0 Å². The lowest BCUT2D eigenvalue weighted by Gasteiger charge is -2.22. The van der Waals surface area contributed by atoms with Crippen LogP contribution in [0.5, 0.6) is 5.75 Å². The van der Waals surface area contributed by atoms with E-state index in [0.29, 0.717) is 13.2 Å². The van der Waals surface area contributed by atoms with Crippen LogP contribution in [0.1, 0.15) is 12.5 Å². The highest BCUT2D eigenvalue weighted by atomic mass is 16.5. The molecule has 0 aliphatic rings. The Balaban J connectivity index is 2.58. The van der Waals surface area contributed by atoms with Crippen LogP contribution >= 0.6 is 0 Å². The first kappa shape index (κ1) is 15.3. The van der Waals surface area contributed by atoms with Crippen LogP contribution in [0.3, 0.4) is 0 Å². The molecule has 5 heteroatoms. The summed E-state index contributed by atoms with van der Waals surface area (Å²) < 4.78 is 10.3. The fraction of sp³-hybridized carbons (Fsp3) is 0.500. The molecule has 106 valence electrons. The van der Waals surface area contributed by atoms with Crippen molar-refractivity contribution >= 4 is 6.03 Å². The summed E-state index contributed by atoms with van der Waals surface area (Å²) in [7, 11) is 4.99. The Morgan fingerprint density at radius 3 is 2.68 bits per heavy atom. The third-order valence-electron chi connectivity index (χ3n) is 2.73. The Labute approximate surface area is 114 Å². The first-order chi connectivity index (χ1) is 9.08. The van der Waals surface area contributed by atoms with Gasteiger partial charge in [0.05, 0.1) is 26.3 Å². The number of urea groups is 1. The molecule has 1 aromatic carbocycles. The molecule has 1 aromatic rings. The largest absolute Gasteiger partial charge is 0.496 e. The summed E-state index contributed by atoms with van der Waals surface area (Å²) in [6.07, 6.45) is 0. The average molecular weight is 266 g/mol. The SMILES string of the molecule is COC[C@@H](C)NC(=O)N(C)Cc1ccccc1OC. The monoisotopic (exact) mass is 266 g/mol. The minimum Gasteiger partial charge on any atom is -0.496 e. The standard InChI is InChI=1S/C14H22N2O3/c1-11(10-18-3)15-14(17)16(2)9-12-7-5-6-8-13(12)19-4/h5-8,11H,9-10H2,1-4H3,(H,15,17)/t11-/m1/s1. The zero-order valence-corrected chi connectivity index (χ0v) is 12.0. The van der Waals surface area contributed by atoms with Gasteiger partial charge < -0.3 is 19.7 Å². The van der Waals surface area contributed by atoms with E-state index < -0.39 is 0 Å². The van der Waals surface area contributed by atoms with Crippen molar-refractivity contribution in [1.82, 2.24) is 10.2 Å². The van der Waals surface area contributed by atoms with Crippen molar-refractivity contribution in [1.29, 1.82) is 0 Å². The number of para-hydroxylation sites is 1. The van der Waals surface area contributed by atoms with Crippen molar-refractivity contribution < 1.29 is 14.3 Å². The van der Waals surface area contributed by atoms with E-state index >= 15 is 0 Å². The van der Waals surface area contributed by atoms with Crippen LogP contribution in [0.2, 0.25) is 0 Å². The number of methoxy groups -OCH3 is 2. The van der Waals surface area contributed by atoms with Gasteiger partial charge >= 0.3 is 6.03 Å². The second kappa shape index (κ2) is 7.63. The van der Waals surface area contributed by atoms with Gasteiger partial charge in [0.2, 0.25) is 0 Å². The minimum atomic E-state index is -0.129. The highest BCUT2D eigenvalue weighted by molar-refractivity contribution is 5.74. The summed E-state index contributed by atoms with van der Waals surface area (Å²) in [5, 5.41) is 2.86. The van der Waals surface area contributed by atoms with Crippen LogP contribution in [0, 0.1) is 0 Å². The molecule has 0 saturated heterocycles. The Morgan fingerprint density at radius 1 is 1.37 bits per heavy atom. The molecular formula is C14H22N2O3. The van der Waals surface area contributed by atoms with Crippen molar-refractivity contribution in [2.75, 3.05) is 27.9 Å². The molecular weight excluding hydrogens is 244 g/mol. The lowest BCUT2D eigenvalue weighted by Crippen LogP contribution is -2.43. The number of hydrogen-bond acceptors (Lipinski definition) is 3. The summed E-state index contributed by atoms with van der Waals surface area (Å²) in [4.78, 5) is 13.6. The first-order valence-electron chi connectivity index (χ1n) is 6.21. The second-order valence-corrected chi connectivity index (χ2v) is 4.47. The maximum absolute atomic E-state index is 12.0. The molecule has 19 heavy (non-hydrogen) atoms. The maximum atomic E-state index is 12.0. The second-order valence-electron chi connectivity index (χ2n) is 4.47. The van der Waals surface area contributed by atoms with E-state index in [1.165, 1.54) is 0 Å². The van der Waals surface area contributed by atoms with Crippen LogP contribution < -0.4 is 10.1 Å². The number of benzene rings is 1. The molecule has 0 aliphatic heterocycles. The van der Waals surface area contributed by atoms with Crippen molar-refractivity contribution in [2.45, 2.75) is 19.5 Å². The first-order valence-corrected chi connectivity index (χ1v) is 6.21. The number of carbonyl (C=O) groups is 1. The highest BCUT2D eigenvalue weighted by Gasteiger charge is 2.13. The fourth-order valence-electron chi connectivity index (χ4n) is 1.77. The van der Waals surface area contributed by atoms with Crippen molar-refractivity contribution in [3.8, 4) is 5.75 Å². The smallest absolute Gasteiger partial charge is 0.317 e. The van der Waals surface area contributed by atoms with E-state index in [4.69, 9.17) is 9.47 Å². The van der Waals surface area contributed by atoms with Gasteiger partial charge in [-0.1, -0.05) is 18.2 Å². The molecule has 0 bridgehead atoms. The average Bonchev–Trinajstić information content (AvgIpc) is 2.39. The van der Waals surface area contributed by atoms with Crippen LogP contribution in [0.25, 0.3) is 0 Å². The van der Waals surface area contributed by atoms with E-state index in [0.717, 1.165) is 11.3 Å². The molecule has 0 heterocycles. The van der Waals surface area contributed by atoms with Crippen molar-refractivity contribution in [2.24, 2.45) is 0 Å². The predicted octanol–water partition coefficient (Wildman–Crippen LogP) is 1.87. The van der Waals surface area contributed by atoms with E-state index in [1.54, 1.807) is 26.2 Å². The van der Waals surface area contributed by atoms with Crippen LogP contribution in [-0.4, -0.2) is 44.8 Å². The van der Waals surface area contributed by atoms with Crippen LogP contribution in [0.4, 0.5) is 4.79 Å². The van der Waals surface area contributed by atoms with Gasteiger partial charge in [-0.3, -0.25) is 0 Å². The number of carbonyl (C=O) groups excluding carboxylic acids is 1. The number of amides is 2. The van der Waals surface area contributed by atoms with Gasteiger partial charge in [0.1, 0.15) is 5.75 Å². The molecule has 1 rings (SSSR count). The van der Waals surface area contributed by atoms with Gasteiger partial charge in [-0.15, -0.1) is 0 Å². The van der Waals surface area contributed by atoms with Crippen LogP contribution in [-0.2, 0) is 11.3 Å². The number of rotatable bonds is 6. The third-order valence-corrected chi connectivity index (χ3v) is 2.73. The van der Waals surface area contributed by atoms with E-state index in [1.807, 2.05) is 31.2 Å². The molecule has 2 amide bonds. The van der Waals surface area contributed by atoms with Gasteiger partial charge in [-0.25, -0.2) is 4.79 Å². The normalized spacial score (nSPS) is 11.8. The predicted molar refractivity (Wildman–Crippen MR) is 74.3 cm³/mol. The van der Waals surface area contributed by atoms with Gasteiger partial charge in [0.25, 0.3) is 0 Å². The molecule has 5 nitrogen and oxygen atoms in total. The number of hydrogen-bond donors (Lipinski definition) is 1. The Hall–Kier alpha value is -1.75. The third kappa shape index (κ3) is 4.79. The molecule has 0 spiro atoms. The topological polar surface area (TPSA) is 50.8 Å². The van der Waals surface area contributed by atoms with Gasteiger partial charge in [-0.05, 0) is 13.0 Å². The summed E-state index contributed by atoms with van der Waals surface area (Å²) in [6, 6.07) is 7.52. The summed E-state index contributed by atoms with van der Waals surface area (Å²) in [5.74, 6) is 0.784. The molecule has 0 aromatic heterocycles. The highest BCUT2D eigenvalue weighted by Crippen LogP contribution is 2.18. The summed E-state index contributed by atoms with van der Waals surface area (Å²) >= 11 is 0. The molecule has 1 N–H and O–H groups in total. The molecule has 0 unspecified atom stereocenters.